The Hall–Kier alpha value is -2.34. The zero-order valence-corrected chi connectivity index (χ0v) is 15.2. The highest BCUT2D eigenvalue weighted by atomic mass is 16.5. The van der Waals surface area contributed by atoms with E-state index in [1.165, 1.54) is 12.7 Å². The summed E-state index contributed by atoms with van der Waals surface area (Å²) in [5, 5.41) is 0. The van der Waals surface area contributed by atoms with E-state index in [1.807, 2.05) is 24.0 Å². The third-order valence-corrected chi connectivity index (χ3v) is 4.65. The summed E-state index contributed by atoms with van der Waals surface area (Å²) in [6.07, 6.45) is 2.13. The quantitative estimate of drug-likeness (QED) is 0.783. The maximum absolute atomic E-state index is 12.3. The van der Waals surface area contributed by atoms with E-state index in [2.05, 4.69) is 35.0 Å². The molecule has 0 unspecified atom stereocenters. The average Bonchev–Trinajstić information content (AvgIpc) is 2.60. The van der Waals surface area contributed by atoms with Crippen LogP contribution in [0.25, 0.3) is 0 Å². The number of nitrogens with zero attached hydrogens (tertiary/aromatic N) is 3. The highest BCUT2D eigenvalue weighted by molar-refractivity contribution is 5.89. The van der Waals surface area contributed by atoms with E-state index in [9.17, 15) is 4.79 Å². The fraction of sp³-hybridized carbons (Fsp3) is 0.474. The Kier molecular flexibility index (Phi) is 5.08. The van der Waals surface area contributed by atoms with E-state index in [0.717, 1.165) is 30.4 Å². The molecule has 1 aromatic rings. The lowest BCUT2D eigenvalue weighted by Crippen LogP contribution is -2.57. The Morgan fingerprint density at radius 3 is 2.64 bits per heavy atom. The lowest BCUT2D eigenvalue weighted by atomic mass is 10.0. The van der Waals surface area contributed by atoms with Crippen LogP contribution in [0.4, 0.5) is 0 Å². The van der Waals surface area contributed by atoms with Gasteiger partial charge >= 0.3 is 5.97 Å². The van der Waals surface area contributed by atoms with Crippen LogP contribution in [0.3, 0.4) is 0 Å². The molecule has 2 atom stereocenters. The van der Waals surface area contributed by atoms with Crippen molar-refractivity contribution in [2.24, 2.45) is 4.99 Å². The van der Waals surface area contributed by atoms with Crippen LogP contribution in [0, 0.1) is 0 Å². The fourth-order valence-corrected chi connectivity index (χ4v) is 3.56. The number of rotatable bonds is 4. The van der Waals surface area contributed by atoms with Gasteiger partial charge in [-0.25, -0.2) is 4.79 Å². The molecule has 0 radical (unpaired) electrons. The third-order valence-electron chi connectivity index (χ3n) is 4.65. The molecule has 0 saturated carbocycles. The molecule has 6 heteroatoms. The van der Waals surface area contributed by atoms with Crippen LogP contribution in [0.5, 0.6) is 5.75 Å². The van der Waals surface area contributed by atoms with Crippen molar-refractivity contribution >= 4 is 11.8 Å². The van der Waals surface area contributed by atoms with Crippen molar-refractivity contribution in [2.75, 3.05) is 27.3 Å². The molecule has 25 heavy (non-hydrogen) atoms. The van der Waals surface area contributed by atoms with Crippen LogP contribution in [0.15, 0.2) is 41.0 Å². The molecule has 0 aliphatic carbocycles. The van der Waals surface area contributed by atoms with Gasteiger partial charge in [-0.05, 0) is 37.6 Å². The second kappa shape index (κ2) is 7.27. The van der Waals surface area contributed by atoms with Crippen LogP contribution in [0.1, 0.15) is 19.4 Å². The summed E-state index contributed by atoms with van der Waals surface area (Å²) in [6.45, 7) is 6.18. The number of aliphatic imine (C=N–C) groups is 1. The topological polar surface area (TPSA) is 54.4 Å². The van der Waals surface area contributed by atoms with Gasteiger partial charge < -0.3 is 14.4 Å². The summed E-state index contributed by atoms with van der Waals surface area (Å²) >= 11 is 0. The maximum atomic E-state index is 12.3. The number of amidine groups is 1. The van der Waals surface area contributed by atoms with Crippen molar-refractivity contribution in [1.82, 2.24) is 9.80 Å². The molecule has 6 nitrogen and oxygen atoms in total. The number of piperazine rings is 1. The van der Waals surface area contributed by atoms with Crippen LogP contribution in [-0.2, 0) is 16.1 Å². The van der Waals surface area contributed by atoms with Gasteiger partial charge in [0.15, 0.2) is 0 Å². The Bertz CT molecular complexity index is 696. The highest BCUT2D eigenvalue weighted by Gasteiger charge is 2.38. The first-order chi connectivity index (χ1) is 12.0. The predicted octanol–water partition coefficient (Wildman–Crippen LogP) is 2.06. The Labute approximate surface area is 148 Å². The van der Waals surface area contributed by atoms with Crippen molar-refractivity contribution in [2.45, 2.75) is 32.5 Å². The molecule has 0 N–H and O–H groups in total. The average molecular weight is 343 g/mol. The fourth-order valence-electron chi connectivity index (χ4n) is 3.56. The number of ether oxygens (including phenoxy) is 2. The zero-order valence-electron chi connectivity index (χ0n) is 15.2. The molecule has 1 fully saturated rings. The summed E-state index contributed by atoms with van der Waals surface area (Å²) in [6, 6.07) is 7.81. The number of carbonyl (C=O) groups excluding carboxylic acids is 1. The van der Waals surface area contributed by atoms with E-state index in [1.54, 1.807) is 7.11 Å². The predicted molar refractivity (Wildman–Crippen MR) is 96.6 cm³/mol. The Morgan fingerprint density at radius 1 is 1.28 bits per heavy atom. The van der Waals surface area contributed by atoms with Crippen LogP contribution in [0.2, 0.25) is 0 Å². The summed E-state index contributed by atoms with van der Waals surface area (Å²) < 4.78 is 10.2. The molecule has 2 heterocycles. The number of esters is 1. The molecule has 2 aliphatic heterocycles. The van der Waals surface area contributed by atoms with Crippen molar-refractivity contribution < 1.29 is 14.3 Å². The number of carbonyl (C=O) groups is 1. The minimum Gasteiger partial charge on any atom is -0.497 e. The molecule has 134 valence electrons. The van der Waals surface area contributed by atoms with E-state index in [4.69, 9.17) is 9.47 Å². The summed E-state index contributed by atoms with van der Waals surface area (Å²) in [7, 11) is 3.10. The first-order valence-electron chi connectivity index (χ1n) is 8.49. The smallest absolute Gasteiger partial charge is 0.330 e. The normalized spacial score (nSPS) is 23.4. The molecule has 2 aliphatic rings. The van der Waals surface area contributed by atoms with Gasteiger partial charge in [-0.2, -0.15) is 0 Å². The summed E-state index contributed by atoms with van der Waals surface area (Å²) in [5.74, 6) is 1.50. The van der Waals surface area contributed by atoms with Gasteiger partial charge in [0, 0.05) is 25.3 Å². The number of benzene rings is 1. The highest BCUT2D eigenvalue weighted by Crippen LogP contribution is 2.26. The zero-order chi connectivity index (χ0) is 18.0. The monoisotopic (exact) mass is 343 g/mol. The standard InChI is InChI=1S/C19H25N3O3/c1-13-9-16-11-21(10-15-5-7-17(24-3)8-6-15)12-18(19(23)25-4)22(16)14(2)20-13/h5-9,13,18H,10-12H2,1-4H3/t13-,18+/m0/s1. The molecule has 1 aromatic carbocycles. The van der Waals surface area contributed by atoms with E-state index >= 15 is 0 Å². The van der Waals surface area contributed by atoms with Gasteiger partial charge in [-0.3, -0.25) is 9.89 Å². The molecule has 3 rings (SSSR count). The maximum Gasteiger partial charge on any atom is 0.330 e. The lowest BCUT2D eigenvalue weighted by Gasteiger charge is -2.44. The first-order valence-corrected chi connectivity index (χ1v) is 8.49. The molecule has 0 aromatic heterocycles. The lowest BCUT2D eigenvalue weighted by molar-refractivity contribution is -0.146. The molecular weight excluding hydrogens is 318 g/mol. The minimum atomic E-state index is -0.362. The number of fused-ring (bicyclic) bond motifs is 1. The first kappa shape index (κ1) is 17.5. The number of hydrogen-bond donors (Lipinski definition) is 0. The van der Waals surface area contributed by atoms with Crippen molar-refractivity contribution in [3.05, 3.63) is 41.6 Å². The third kappa shape index (κ3) is 3.69. The van der Waals surface area contributed by atoms with Crippen LogP contribution < -0.4 is 4.74 Å². The van der Waals surface area contributed by atoms with Gasteiger partial charge in [0.1, 0.15) is 17.6 Å². The second-order valence-corrected chi connectivity index (χ2v) is 6.50. The Morgan fingerprint density at radius 2 is 2.00 bits per heavy atom. The van der Waals surface area contributed by atoms with E-state index in [-0.39, 0.29) is 18.1 Å². The van der Waals surface area contributed by atoms with E-state index in [0.29, 0.717) is 6.54 Å². The minimum absolute atomic E-state index is 0.130. The molecule has 0 bridgehead atoms. The van der Waals surface area contributed by atoms with Crippen molar-refractivity contribution in [3.8, 4) is 5.75 Å². The SMILES string of the molecule is COC(=O)[C@H]1CN(Cc2ccc(OC)cc2)CC2=C[C@H](C)N=C(C)N21. The van der Waals surface area contributed by atoms with Crippen LogP contribution >= 0.6 is 0 Å². The molecule has 0 amide bonds. The van der Waals surface area contributed by atoms with Crippen molar-refractivity contribution in [1.29, 1.82) is 0 Å². The molecule has 1 saturated heterocycles. The van der Waals surface area contributed by atoms with Crippen LogP contribution in [-0.4, -0.2) is 61.0 Å². The van der Waals surface area contributed by atoms with Gasteiger partial charge in [0.2, 0.25) is 0 Å². The second-order valence-electron chi connectivity index (χ2n) is 6.50. The van der Waals surface area contributed by atoms with Gasteiger partial charge in [-0.1, -0.05) is 12.1 Å². The van der Waals surface area contributed by atoms with Gasteiger partial charge in [-0.15, -0.1) is 0 Å². The summed E-state index contributed by atoms with van der Waals surface area (Å²) in [4.78, 5) is 21.2. The number of methoxy groups -OCH3 is 2. The largest absolute Gasteiger partial charge is 0.497 e. The summed E-state index contributed by atoms with van der Waals surface area (Å²) in [5.41, 5.74) is 2.31. The molecule has 0 spiro atoms. The van der Waals surface area contributed by atoms with Gasteiger partial charge in [0.25, 0.3) is 0 Å². The van der Waals surface area contributed by atoms with E-state index < -0.39 is 0 Å². The Balaban J connectivity index is 1.81. The number of hydrogen-bond acceptors (Lipinski definition) is 6. The molecular formula is C19H25N3O3. The van der Waals surface area contributed by atoms with Gasteiger partial charge in [0.05, 0.1) is 20.3 Å². The van der Waals surface area contributed by atoms with Crippen molar-refractivity contribution in [3.63, 3.8) is 0 Å².